The number of rotatable bonds is 5. The Morgan fingerprint density at radius 2 is 1.93 bits per heavy atom. The van der Waals surface area contributed by atoms with Crippen molar-refractivity contribution in [3.8, 4) is 5.88 Å². The van der Waals surface area contributed by atoms with Crippen molar-refractivity contribution >= 4 is 0 Å². The van der Waals surface area contributed by atoms with Gasteiger partial charge in [-0.1, -0.05) is 42.5 Å². The van der Waals surface area contributed by atoms with E-state index >= 15 is 0 Å². The molecule has 3 nitrogen and oxygen atoms in total. The summed E-state index contributed by atoms with van der Waals surface area (Å²) in [6.07, 6.45) is 2.58. The SMILES string of the molecule is Cc1ccc(OC[C@@H]2Cc3cc(F)ccc3CN2Cc2ccccc2)nc1. The first kappa shape index (κ1) is 17.7. The van der Waals surface area contributed by atoms with Crippen LogP contribution in [0.25, 0.3) is 0 Å². The Morgan fingerprint density at radius 1 is 1.07 bits per heavy atom. The predicted octanol–water partition coefficient (Wildman–Crippen LogP) is 4.54. The maximum absolute atomic E-state index is 13.7. The van der Waals surface area contributed by atoms with Crippen molar-refractivity contribution in [1.29, 1.82) is 0 Å². The highest BCUT2D eigenvalue weighted by Crippen LogP contribution is 2.26. The van der Waals surface area contributed by atoms with E-state index in [4.69, 9.17) is 4.74 Å². The van der Waals surface area contributed by atoms with Crippen LogP contribution in [0.2, 0.25) is 0 Å². The molecule has 4 heteroatoms. The van der Waals surface area contributed by atoms with Crippen molar-refractivity contribution in [1.82, 2.24) is 9.88 Å². The summed E-state index contributed by atoms with van der Waals surface area (Å²) in [6.45, 7) is 4.16. The van der Waals surface area contributed by atoms with E-state index in [1.807, 2.05) is 37.4 Å². The van der Waals surface area contributed by atoms with Crippen LogP contribution in [0.3, 0.4) is 0 Å². The molecule has 0 fully saturated rings. The van der Waals surface area contributed by atoms with Gasteiger partial charge in [-0.2, -0.15) is 0 Å². The van der Waals surface area contributed by atoms with E-state index in [1.54, 1.807) is 12.1 Å². The summed E-state index contributed by atoms with van der Waals surface area (Å²) < 4.78 is 19.7. The number of pyridine rings is 1. The van der Waals surface area contributed by atoms with Crippen LogP contribution in [0.4, 0.5) is 4.39 Å². The van der Waals surface area contributed by atoms with Gasteiger partial charge in [0, 0.05) is 31.4 Å². The lowest BCUT2D eigenvalue weighted by atomic mass is 9.93. The Kier molecular flexibility index (Phi) is 5.16. The van der Waals surface area contributed by atoms with Crippen LogP contribution < -0.4 is 4.74 Å². The number of hydrogen-bond acceptors (Lipinski definition) is 3. The Morgan fingerprint density at radius 3 is 2.70 bits per heavy atom. The summed E-state index contributed by atoms with van der Waals surface area (Å²) in [4.78, 5) is 6.74. The van der Waals surface area contributed by atoms with Gasteiger partial charge in [0.1, 0.15) is 12.4 Å². The van der Waals surface area contributed by atoms with Gasteiger partial charge < -0.3 is 4.74 Å². The molecule has 0 bridgehead atoms. The van der Waals surface area contributed by atoms with Crippen LogP contribution in [-0.2, 0) is 19.5 Å². The quantitative estimate of drug-likeness (QED) is 0.666. The first-order chi connectivity index (χ1) is 13.2. The van der Waals surface area contributed by atoms with Crippen LogP contribution in [0.1, 0.15) is 22.3 Å². The molecular formula is C23H23FN2O. The van der Waals surface area contributed by atoms with Gasteiger partial charge in [-0.25, -0.2) is 9.37 Å². The van der Waals surface area contributed by atoms with Gasteiger partial charge in [-0.3, -0.25) is 4.90 Å². The number of benzene rings is 2. The second-order valence-electron chi connectivity index (χ2n) is 7.15. The van der Waals surface area contributed by atoms with E-state index in [2.05, 4.69) is 34.1 Å². The zero-order valence-corrected chi connectivity index (χ0v) is 15.4. The summed E-state index contributed by atoms with van der Waals surface area (Å²) in [6, 6.07) is 19.6. The average molecular weight is 362 g/mol. The minimum absolute atomic E-state index is 0.169. The molecule has 0 aliphatic carbocycles. The van der Waals surface area contributed by atoms with Gasteiger partial charge >= 0.3 is 0 Å². The first-order valence-corrected chi connectivity index (χ1v) is 9.28. The van der Waals surface area contributed by atoms with Crippen molar-refractivity contribution in [3.05, 3.63) is 94.9 Å². The number of halogens is 1. The Labute approximate surface area is 159 Å². The van der Waals surface area contributed by atoms with Gasteiger partial charge in [0.25, 0.3) is 0 Å². The van der Waals surface area contributed by atoms with E-state index in [-0.39, 0.29) is 11.9 Å². The van der Waals surface area contributed by atoms with E-state index in [1.165, 1.54) is 11.1 Å². The third-order valence-electron chi connectivity index (χ3n) is 5.05. The summed E-state index contributed by atoms with van der Waals surface area (Å²) in [7, 11) is 0. The first-order valence-electron chi connectivity index (χ1n) is 9.28. The normalized spacial score (nSPS) is 16.7. The highest BCUT2D eigenvalue weighted by molar-refractivity contribution is 5.31. The summed E-state index contributed by atoms with van der Waals surface area (Å²) in [5.41, 5.74) is 4.64. The summed E-state index contributed by atoms with van der Waals surface area (Å²) >= 11 is 0. The molecule has 1 aliphatic heterocycles. The average Bonchev–Trinajstić information content (AvgIpc) is 2.68. The lowest BCUT2D eigenvalue weighted by Gasteiger charge is -2.36. The lowest BCUT2D eigenvalue weighted by molar-refractivity contribution is 0.107. The van der Waals surface area contributed by atoms with Crippen molar-refractivity contribution in [2.45, 2.75) is 32.5 Å². The molecular weight excluding hydrogens is 339 g/mol. The summed E-state index contributed by atoms with van der Waals surface area (Å²) in [5, 5.41) is 0. The zero-order valence-electron chi connectivity index (χ0n) is 15.4. The van der Waals surface area contributed by atoms with Gasteiger partial charge in [0.15, 0.2) is 0 Å². The fraction of sp³-hybridized carbons (Fsp3) is 0.261. The van der Waals surface area contributed by atoms with E-state index in [0.717, 1.165) is 30.6 Å². The van der Waals surface area contributed by atoms with Gasteiger partial charge in [0.2, 0.25) is 5.88 Å². The number of fused-ring (bicyclic) bond motifs is 1. The van der Waals surface area contributed by atoms with Gasteiger partial charge in [0.05, 0.1) is 0 Å². The fourth-order valence-electron chi connectivity index (χ4n) is 3.56. The lowest BCUT2D eigenvalue weighted by Crippen LogP contribution is -2.43. The van der Waals surface area contributed by atoms with Crippen molar-refractivity contribution < 1.29 is 9.13 Å². The van der Waals surface area contributed by atoms with Gasteiger partial charge in [-0.15, -0.1) is 0 Å². The largest absolute Gasteiger partial charge is 0.476 e. The second-order valence-corrected chi connectivity index (χ2v) is 7.15. The van der Waals surface area contributed by atoms with E-state index in [9.17, 15) is 4.39 Å². The minimum Gasteiger partial charge on any atom is -0.476 e. The number of aromatic nitrogens is 1. The molecule has 4 rings (SSSR count). The number of nitrogens with zero attached hydrogens (tertiary/aromatic N) is 2. The molecule has 0 amide bonds. The van der Waals surface area contributed by atoms with Crippen LogP contribution in [0, 0.1) is 12.7 Å². The van der Waals surface area contributed by atoms with Crippen LogP contribution in [0.15, 0.2) is 66.9 Å². The van der Waals surface area contributed by atoms with Gasteiger partial charge in [-0.05, 0) is 47.7 Å². The van der Waals surface area contributed by atoms with Crippen molar-refractivity contribution in [3.63, 3.8) is 0 Å². The molecule has 1 atom stereocenters. The number of aryl methyl sites for hydroxylation is 1. The molecule has 0 saturated heterocycles. The maximum Gasteiger partial charge on any atom is 0.213 e. The van der Waals surface area contributed by atoms with Crippen molar-refractivity contribution in [2.75, 3.05) is 6.61 Å². The molecule has 2 heterocycles. The standard InChI is InChI=1S/C23H23FN2O/c1-17-7-10-23(25-13-17)27-16-22-12-20-11-21(24)9-8-19(20)15-26(22)14-18-5-3-2-4-6-18/h2-11,13,22H,12,14-16H2,1H3/t22-/m0/s1. The number of hydrogen-bond donors (Lipinski definition) is 0. The van der Waals surface area contributed by atoms with E-state index < -0.39 is 0 Å². The Bertz CT molecular complexity index is 896. The molecule has 27 heavy (non-hydrogen) atoms. The topological polar surface area (TPSA) is 25.4 Å². The molecule has 0 N–H and O–H groups in total. The molecule has 0 unspecified atom stereocenters. The van der Waals surface area contributed by atoms with Crippen LogP contribution in [0.5, 0.6) is 5.88 Å². The zero-order chi connectivity index (χ0) is 18.6. The maximum atomic E-state index is 13.7. The molecule has 0 spiro atoms. The molecule has 0 saturated carbocycles. The monoisotopic (exact) mass is 362 g/mol. The van der Waals surface area contributed by atoms with Crippen molar-refractivity contribution in [2.24, 2.45) is 0 Å². The van der Waals surface area contributed by atoms with Crippen LogP contribution >= 0.6 is 0 Å². The minimum atomic E-state index is -0.176. The molecule has 3 aromatic rings. The molecule has 138 valence electrons. The number of ether oxygens (including phenoxy) is 1. The second kappa shape index (κ2) is 7.89. The highest BCUT2D eigenvalue weighted by Gasteiger charge is 2.27. The Balaban J connectivity index is 1.53. The molecule has 2 aromatic carbocycles. The molecule has 1 aromatic heterocycles. The Hall–Kier alpha value is -2.72. The highest BCUT2D eigenvalue weighted by atomic mass is 19.1. The third-order valence-corrected chi connectivity index (χ3v) is 5.05. The smallest absolute Gasteiger partial charge is 0.213 e. The predicted molar refractivity (Wildman–Crippen MR) is 104 cm³/mol. The molecule has 1 aliphatic rings. The van der Waals surface area contributed by atoms with Crippen LogP contribution in [-0.4, -0.2) is 22.5 Å². The van der Waals surface area contributed by atoms with E-state index in [0.29, 0.717) is 12.5 Å². The summed E-state index contributed by atoms with van der Waals surface area (Å²) in [5.74, 6) is 0.454. The molecule has 0 radical (unpaired) electrons. The fourth-order valence-corrected chi connectivity index (χ4v) is 3.56. The third kappa shape index (κ3) is 4.34.